The van der Waals surface area contributed by atoms with Gasteiger partial charge in [-0.05, 0) is 19.1 Å². The number of aliphatic imine (C=N–C) groups is 1. The molecule has 22 heavy (non-hydrogen) atoms. The van der Waals surface area contributed by atoms with E-state index in [1.165, 1.54) is 10.9 Å². The summed E-state index contributed by atoms with van der Waals surface area (Å²) in [7, 11) is 3.63. The minimum atomic E-state index is -0.499. The average molecular weight is 323 g/mol. The van der Waals surface area contributed by atoms with Crippen LogP contribution >= 0.6 is 11.6 Å². The van der Waals surface area contributed by atoms with E-state index in [1.807, 2.05) is 14.1 Å². The molecule has 0 saturated carbocycles. The Hall–Kier alpha value is -2.48. The highest BCUT2D eigenvalue weighted by Crippen LogP contribution is 2.23. The second-order valence-electron chi connectivity index (χ2n) is 4.44. The van der Waals surface area contributed by atoms with E-state index in [9.17, 15) is 4.79 Å². The molecule has 0 aliphatic rings. The van der Waals surface area contributed by atoms with Crippen LogP contribution in [0.25, 0.3) is 5.82 Å². The number of nitrogens with zero attached hydrogens (tertiary/aromatic N) is 6. The van der Waals surface area contributed by atoms with Crippen LogP contribution < -0.4 is 0 Å². The molecule has 2 aromatic heterocycles. The summed E-state index contributed by atoms with van der Waals surface area (Å²) in [5, 5.41) is 12.1. The molecule has 0 spiro atoms. The van der Waals surface area contributed by atoms with Gasteiger partial charge in [0.15, 0.2) is 16.8 Å². The number of rotatable bonds is 5. The lowest BCUT2D eigenvalue weighted by Gasteiger charge is -2.06. The molecule has 0 N–H and O–H groups in total. The Bertz CT molecular complexity index is 680. The maximum Gasteiger partial charge on any atom is 0.343 e. The molecule has 0 aliphatic carbocycles. The summed E-state index contributed by atoms with van der Waals surface area (Å²) in [5.74, 6) is 0.205. The van der Waals surface area contributed by atoms with Crippen LogP contribution in [0.2, 0.25) is 5.15 Å². The second-order valence-corrected chi connectivity index (χ2v) is 4.82. The summed E-state index contributed by atoms with van der Waals surface area (Å²) in [6.45, 7) is 2.00. The number of aromatic nitrogens is 4. The summed E-state index contributed by atoms with van der Waals surface area (Å²) in [4.78, 5) is 18.0. The number of hydrogen-bond donors (Lipinski definition) is 0. The van der Waals surface area contributed by atoms with E-state index < -0.39 is 5.97 Å². The zero-order chi connectivity index (χ0) is 16.1. The molecule has 0 radical (unpaired) electrons. The third-order valence-electron chi connectivity index (χ3n) is 2.49. The van der Waals surface area contributed by atoms with Crippen molar-refractivity contribution >= 4 is 29.7 Å². The Balaban J connectivity index is 2.49. The molecule has 0 saturated heterocycles. The van der Waals surface area contributed by atoms with Gasteiger partial charge < -0.3 is 9.64 Å². The Morgan fingerprint density at radius 1 is 1.45 bits per heavy atom. The summed E-state index contributed by atoms with van der Waals surface area (Å²) >= 11 is 5.72. The first-order valence-corrected chi connectivity index (χ1v) is 6.86. The Morgan fingerprint density at radius 2 is 2.23 bits per heavy atom. The van der Waals surface area contributed by atoms with Gasteiger partial charge in [-0.2, -0.15) is 9.78 Å². The van der Waals surface area contributed by atoms with Gasteiger partial charge in [0.25, 0.3) is 0 Å². The SMILES string of the molecule is CCOC(=O)c1cnn(-c2ccc(Cl)nn2)c1N=CN(C)C. The molecule has 0 amide bonds. The lowest BCUT2D eigenvalue weighted by molar-refractivity contribution is 0.0527. The lowest BCUT2D eigenvalue weighted by Crippen LogP contribution is -2.09. The van der Waals surface area contributed by atoms with E-state index in [-0.39, 0.29) is 17.3 Å². The third kappa shape index (κ3) is 3.59. The highest BCUT2D eigenvalue weighted by Gasteiger charge is 2.19. The first-order chi connectivity index (χ1) is 10.5. The Kier molecular flexibility index (Phi) is 5.05. The number of carbonyl (C=O) groups excluding carboxylic acids is 1. The van der Waals surface area contributed by atoms with Gasteiger partial charge in [0, 0.05) is 14.1 Å². The van der Waals surface area contributed by atoms with Crippen molar-refractivity contribution in [1.82, 2.24) is 24.9 Å². The minimum Gasteiger partial charge on any atom is -0.462 e. The number of carbonyl (C=O) groups is 1. The van der Waals surface area contributed by atoms with Crippen LogP contribution in [0.15, 0.2) is 23.3 Å². The first-order valence-electron chi connectivity index (χ1n) is 6.48. The molecular formula is C13H15ClN6O2. The molecule has 0 aliphatic heterocycles. The van der Waals surface area contributed by atoms with E-state index in [0.717, 1.165) is 0 Å². The van der Waals surface area contributed by atoms with Crippen molar-refractivity contribution in [3.05, 3.63) is 29.0 Å². The van der Waals surface area contributed by atoms with Crippen LogP contribution in [0, 0.1) is 0 Å². The number of esters is 1. The molecule has 0 fully saturated rings. The summed E-state index contributed by atoms with van der Waals surface area (Å²) < 4.78 is 6.41. The zero-order valence-electron chi connectivity index (χ0n) is 12.4. The smallest absolute Gasteiger partial charge is 0.343 e. The van der Waals surface area contributed by atoms with E-state index in [4.69, 9.17) is 16.3 Å². The van der Waals surface area contributed by atoms with Crippen molar-refractivity contribution in [2.45, 2.75) is 6.92 Å². The van der Waals surface area contributed by atoms with Gasteiger partial charge in [-0.3, -0.25) is 0 Å². The molecule has 2 heterocycles. The molecule has 0 bridgehead atoms. The summed E-state index contributed by atoms with van der Waals surface area (Å²) in [6, 6.07) is 3.21. The van der Waals surface area contributed by atoms with Gasteiger partial charge in [0.1, 0.15) is 5.56 Å². The predicted octanol–water partition coefficient (Wildman–Crippen LogP) is 1.71. The Labute approximate surface area is 132 Å². The maximum absolute atomic E-state index is 12.0. The molecule has 9 heteroatoms. The number of hydrogen-bond acceptors (Lipinski definition) is 6. The van der Waals surface area contributed by atoms with E-state index in [1.54, 1.807) is 30.3 Å². The largest absolute Gasteiger partial charge is 0.462 e. The summed E-state index contributed by atoms with van der Waals surface area (Å²) in [6.07, 6.45) is 2.94. The fourth-order valence-electron chi connectivity index (χ4n) is 1.58. The fraction of sp³-hybridized carbons (Fsp3) is 0.308. The van der Waals surface area contributed by atoms with Gasteiger partial charge in [0.05, 0.1) is 19.1 Å². The number of ether oxygens (including phenoxy) is 1. The number of halogens is 1. The molecule has 2 aromatic rings. The van der Waals surface area contributed by atoms with Crippen molar-refractivity contribution in [3.63, 3.8) is 0 Å². The molecule has 8 nitrogen and oxygen atoms in total. The van der Waals surface area contributed by atoms with Gasteiger partial charge >= 0.3 is 5.97 Å². The van der Waals surface area contributed by atoms with E-state index in [0.29, 0.717) is 11.6 Å². The predicted molar refractivity (Wildman–Crippen MR) is 82.0 cm³/mol. The molecule has 0 unspecified atom stereocenters. The van der Waals surface area contributed by atoms with Crippen molar-refractivity contribution in [2.24, 2.45) is 4.99 Å². The maximum atomic E-state index is 12.0. The van der Waals surface area contributed by atoms with Crippen LogP contribution in [-0.2, 0) is 4.74 Å². The quantitative estimate of drug-likeness (QED) is 0.473. The zero-order valence-corrected chi connectivity index (χ0v) is 13.2. The minimum absolute atomic E-state index is 0.247. The molecular weight excluding hydrogens is 308 g/mol. The highest BCUT2D eigenvalue weighted by molar-refractivity contribution is 6.29. The molecule has 116 valence electrons. The van der Waals surface area contributed by atoms with E-state index >= 15 is 0 Å². The molecule has 0 aromatic carbocycles. The average Bonchev–Trinajstić information content (AvgIpc) is 2.90. The monoisotopic (exact) mass is 322 g/mol. The first kappa shape index (κ1) is 15.9. The van der Waals surface area contributed by atoms with Crippen LogP contribution in [0.5, 0.6) is 0 Å². The van der Waals surface area contributed by atoms with Crippen LogP contribution in [0.3, 0.4) is 0 Å². The summed E-state index contributed by atoms with van der Waals surface area (Å²) in [5.41, 5.74) is 0.247. The van der Waals surface area contributed by atoms with Crippen molar-refractivity contribution < 1.29 is 9.53 Å². The van der Waals surface area contributed by atoms with Crippen LogP contribution in [0.4, 0.5) is 5.82 Å². The van der Waals surface area contributed by atoms with Gasteiger partial charge in [-0.25, -0.2) is 9.79 Å². The second kappa shape index (κ2) is 6.99. The normalized spacial score (nSPS) is 10.9. The lowest BCUT2D eigenvalue weighted by atomic mass is 10.3. The molecule has 0 atom stereocenters. The van der Waals surface area contributed by atoms with Crippen molar-refractivity contribution in [1.29, 1.82) is 0 Å². The Morgan fingerprint density at radius 3 is 2.82 bits per heavy atom. The van der Waals surface area contributed by atoms with Crippen LogP contribution in [-0.4, -0.2) is 57.9 Å². The molecule has 2 rings (SSSR count). The van der Waals surface area contributed by atoms with Gasteiger partial charge in [-0.1, -0.05) is 11.6 Å². The van der Waals surface area contributed by atoms with Gasteiger partial charge in [-0.15, -0.1) is 10.2 Å². The van der Waals surface area contributed by atoms with Crippen LogP contribution in [0.1, 0.15) is 17.3 Å². The van der Waals surface area contributed by atoms with Crippen molar-refractivity contribution in [3.8, 4) is 5.82 Å². The van der Waals surface area contributed by atoms with Gasteiger partial charge in [0.2, 0.25) is 0 Å². The standard InChI is InChI=1S/C13H15ClN6O2/c1-4-22-13(21)9-7-16-20(12(9)15-8-19(2)3)11-6-5-10(14)17-18-11/h5-8H,4H2,1-3H3. The fourth-order valence-corrected chi connectivity index (χ4v) is 1.68. The highest BCUT2D eigenvalue weighted by atomic mass is 35.5. The third-order valence-corrected chi connectivity index (χ3v) is 2.69. The topological polar surface area (TPSA) is 85.5 Å². The van der Waals surface area contributed by atoms with Crippen molar-refractivity contribution in [2.75, 3.05) is 20.7 Å². The van der Waals surface area contributed by atoms with E-state index in [2.05, 4.69) is 20.3 Å².